The van der Waals surface area contributed by atoms with E-state index < -0.39 is 0 Å². The van der Waals surface area contributed by atoms with Crippen LogP contribution in [0.2, 0.25) is 0 Å². The quantitative estimate of drug-likeness (QED) is 0.510. The largest absolute Gasteiger partial charge is 0.492 e. The first-order valence-corrected chi connectivity index (χ1v) is 8.35. The summed E-state index contributed by atoms with van der Waals surface area (Å²) in [5, 5.41) is 0. The van der Waals surface area contributed by atoms with Gasteiger partial charge in [-0.1, -0.05) is 0 Å². The van der Waals surface area contributed by atoms with Crippen LogP contribution in [0.4, 0.5) is 0 Å². The molecule has 0 aliphatic rings. The number of aryl methyl sites for hydroxylation is 2. The molecule has 0 fully saturated rings. The lowest BCUT2D eigenvalue weighted by molar-refractivity contribution is -0.923. The number of thiophene rings is 1. The third kappa shape index (κ3) is 3.96. The van der Waals surface area contributed by atoms with Gasteiger partial charge in [0.15, 0.2) is 0 Å². The van der Waals surface area contributed by atoms with Crippen molar-refractivity contribution < 1.29 is 9.22 Å². The molecule has 0 aliphatic heterocycles. The van der Waals surface area contributed by atoms with E-state index in [0.29, 0.717) is 0 Å². The molecular weight excluding hydrogens is 254 g/mol. The molecule has 110 valence electrons. The van der Waals surface area contributed by atoms with Crippen molar-refractivity contribution in [3.8, 4) is 5.75 Å². The lowest BCUT2D eigenvalue weighted by atomic mass is 10.2. The molecule has 0 saturated heterocycles. The van der Waals surface area contributed by atoms with Crippen LogP contribution in [-0.4, -0.2) is 37.3 Å². The topological polar surface area (TPSA) is 9.23 Å². The van der Waals surface area contributed by atoms with Gasteiger partial charge in [0, 0.05) is 21.7 Å². The standard InChI is InChI=1S/C16H30NOS/c1-7-17(8-2,9-3)11-10-12-18-16-13(4)14(5)19-15(16)6/h7-12H2,1-6H3/q+1. The summed E-state index contributed by atoms with van der Waals surface area (Å²) in [7, 11) is 0. The van der Waals surface area contributed by atoms with E-state index in [2.05, 4.69) is 41.5 Å². The predicted octanol–water partition coefficient (Wildman–Crippen LogP) is 4.32. The number of hydrogen-bond donors (Lipinski definition) is 0. The van der Waals surface area contributed by atoms with Gasteiger partial charge < -0.3 is 9.22 Å². The highest BCUT2D eigenvalue weighted by Crippen LogP contribution is 2.33. The Hall–Kier alpha value is -0.540. The predicted molar refractivity (Wildman–Crippen MR) is 85.4 cm³/mol. The van der Waals surface area contributed by atoms with E-state index in [0.717, 1.165) is 18.8 Å². The van der Waals surface area contributed by atoms with Crippen LogP contribution in [0.15, 0.2) is 0 Å². The lowest BCUT2D eigenvalue weighted by Crippen LogP contribution is -2.48. The van der Waals surface area contributed by atoms with Gasteiger partial charge in [-0.2, -0.15) is 0 Å². The molecule has 1 heterocycles. The lowest BCUT2D eigenvalue weighted by Gasteiger charge is -2.35. The average Bonchev–Trinajstić information content (AvgIpc) is 2.65. The summed E-state index contributed by atoms with van der Waals surface area (Å²) in [6, 6.07) is 0. The maximum atomic E-state index is 6.02. The second-order valence-corrected chi connectivity index (χ2v) is 6.81. The minimum Gasteiger partial charge on any atom is -0.492 e. The SMILES string of the molecule is CC[N+](CC)(CC)CCCOc1c(C)sc(C)c1C. The molecular formula is C16H30NOS+. The second kappa shape index (κ2) is 7.30. The molecule has 1 rings (SSSR count). The molecule has 1 aromatic rings. The molecule has 0 radical (unpaired) electrons. The van der Waals surface area contributed by atoms with E-state index in [1.807, 2.05) is 11.3 Å². The fourth-order valence-corrected chi connectivity index (χ4v) is 3.72. The first-order valence-electron chi connectivity index (χ1n) is 7.54. The zero-order chi connectivity index (χ0) is 14.5. The highest BCUT2D eigenvalue weighted by atomic mass is 32.1. The van der Waals surface area contributed by atoms with Gasteiger partial charge in [0.05, 0.1) is 32.8 Å². The van der Waals surface area contributed by atoms with Gasteiger partial charge in [-0.25, -0.2) is 0 Å². The average molecular weight is 284 g/mol. The summed E-state index contributed by atoms with van der Waals surface area (Å²) in [5.41, 5.74) is 1.32. The molecule has 0 saturated carbocycles. The van der Waals surface area contributed by atoms with Crippen LogP contribution in [0.1, 0.15) is 42.5 Å². The van der Waals surface area contributed by atoms with Gasteiger partial charge >= 0.3 is 0 Å². The van der Waals surface area contributed by atoms with Crippen molar-refractivity contribution in [2.45, 2.75) is 48.0 Å². The first-order chi connectivity index (χ1) is 8.99. The zero-order valence-electron chi connectivity index (χ0n) is 13.5. The highest BCUT2D eigenvalue weighted by Gasteiger charge is 2.20. The van der Waals surface area contributed by atoms with Gasteiger partial charge in [0.1, 0.15) is 5.75 Å². The van der Waals surface area contributed by atoms with Crippen molar-refractivity contribution in [1.82, 2.24) is 0 Å². The third-order valence-corrected chi connectivity index (χ3v) is 5.63. The van der Waals surface area contributed by atoms with Gasteiger partial charge in [-0.15, -0.1) is 11.3 Å². The van der Waals surface area contributed by atoms with E-state index in [1.54, 1.807) is 0 Å². The Morgan fingerprint density at radius 3 is 1.95 bits per heavy atom. The van der Waals surface area contributed by atoms with Crippen LogP contribution in [-0.2, 0) is 0 Å². The van der Waals surface area contributed by atoms with Crippen LogP contribution in [0.25, 0.3) is 0 Å². The molecule has 0 bridgehead atoms. The van der Waals surface area contributed by atoms with E-state index >= 15 is 0 Å². The van der Waals surface area contributed by atoms with Crippen LogP contribution in [0, 0.1) is 20.8 Å². The molecule has 0 amide bonds. The number of quaternary nitrogens is 1. The van der Waals surface area contributed by atoms with Crippen LogP contribution >= 0.6 is 11.3 Å². The maximum Gasteiger partial charge on any atom is 0.136 e. The smallest absolute Gasteiger partial charge is 0.136 e. The zero-order valence-corrected chi connectivity index (χ0v) is 14.3. The van der Waals surface area contributed by atoms with Crippen LogP contribution in [0.5, 0.6) is 5.75 Å². The summed E-state index contributed by atoms with van der Waals surface area (Å²) < 4.78 is 7.23. The Labute approximate surface area is 123 Å². The number of hydrogen-bond acceptors (Lipinski definition) is 2. The Morgan fingerprint density at radius 2 is 1.53 bits per heavy atom. The van der Waals surface area contributed by atoms with Crippen molar-refractivity contribution in [2.75, 3.05) is 32.8 Å². The summed E-state index contributed by atoms with van der Waals surface area (Å²) in [6.45, 7) is 19.1. The van der Waals surface area contributed by atoms with E-state index in [1.165, 1.54) is 46.0 Å². The monoisotopic (exact) mass is 284 g/mol. The van der Waals surface area contributed by atoms with Crippen molar-refractivity contribution in [3.05, 3.63) is 15.3 Å². The summed E-state index contributed by atoms with van der Waals surface area (Å²) in [5.74, 6) is 1.13. The minimum atomic E-state index is 0.845. The van der Waals surface area contributed by atoms with Gasteiger partial charge in [-0.05, 0) is 41.5 Å². The molecule has 19 heavy (non-hydrogen) atoms. The van der Waals surface area contributed by atoms with Crippen molar-refractivity contribution in [3.63, 3.8) is 0 Å². The Bertz CT molecular complexity index is 385. The molecule has 3 heteroatoms. The molecule has 0 N–H and O–H groups in total. The number of ether oxygens (including phenoxy) is 1. The minimum absolute atomic E-state index is 0.845. The van der Waals surface area contributed by atoms with E-state index in [4.69, 9.17) is 4.74 Å². The van der Waals surface area contributed by atoms with Gasteiger partial charge in [0.25, 0.3) is 0 Å². The van der Waals surface area contributed by atoms with Crippen molar-refractivity contribution >= 4 is 11.3 Å². The maximum absolute atomic E-state index is 6.02. The van der Waals surface area contributed by atoms with E-state index in [-0.39, 0.29) is 0 Å². The molecule has 0 unspecified atom stereocenters. The van der Waals surface area contributed by atoms with Crippen LogP contribution in [0.3, 0.4) is 0 Å². The Balaban J connectivity index is 2.46. The summed E-state index contributed by atoms with van der Waals surface area (Å²) in [4.78, 5) is 2.70. The van der Waals surface area contributed by atoms with Gasteiger partial charge in [-0.3, -0.25) is 0 Å². The van der Waals surface area contributed by atoms with Crippen molar-refractivity contribution in [2.24, 2.45) is 0 Å². The van der Waals surface area contributed by atoms with Crippen molar-refractivity contribution in [1.29, 1.82) is 0 Å². The molecule has 1 aromatic heterocycles. The molecule has 0 aliphatic carbocycles. The third-order valence-electron chi connectivity index (χ3n) is 4.53. The fourth-order valence-electron chi connectivity index (χ4n) is 2.71. The Kier molecular flexibility index (Phi) is 6.34. The highest BCUT2D eigenvalue weighted by molar-refractivity contribution is 7.12. The number of rotatable bonds is 8. The normalized spacial score (nSPS) is 11.9. The molecule has 0 atom stereocenters. The summed E-state index contributed by atoms with van der Waals surface area (Å²) in [6.07, 6.45) is 1.14. The summed E-state index contributed by atoms with van der Waals surface area (Å²) >= 11 is 1.84. The fraction of sp³-hybridized carbons (Fsp3) is 0.750. The molecule has 2 nitrogen and oxygen atoms in total. The first kappa shape index (κ1) is 16.5. The van der Waals surface area contributed by atoms with Crippen LogP contribution < -0.4 is 4.74 Å². The molecule has 0 aromatic carbocycles. The second-order valence-electron chi connectivity index (χ2n) is 5.38. The number of nitrogens with zero attached hydrogens (tertiary/aromatic N) is 1. The Morgan fingerprint density at radius 1 is 0.947 bits per heavy atom. The van der Waals surface area contributed by atoms with Gasteiger partial charge in [0.2, 0.25) is 0 Å². The van der Waals surface area contributed by atoms with E-state index in [9.17, 15) is 0 Å². The molecule has 0 spiro atoms.